The molecule has 0 saturated carbocycles. The van der Waals surface area contributed by atoms with E-state index in [2.05, 4.69) is 26.0 Å². The minimum atomic E-state index is -0.548. The first-order chi connectivity index (χ1) is 9.70. The number of benzene rings is 2. The van der Waals surface area contributed by atoms with Crippen molar-refractivity contribution in [1.29, 1.82) is 0 Å². The molecular formula is C18H24O2. The molecule has 2 aromatic rings. The lowest BCUT2D eigenvalue weighted by atomic mass is 10.0. The number of aliphatic hydroxyl groups excluding tert-OH is 1. The van der Waals surface area contributed by atoms with Crippen LogP contribution in [0.4, 0.5) is 0 Å². The molecule has 0 radical (unpaired) electrons. The van der Waals surface area contributed by atoms with Gasteiger partial charge in [-0.05, 0) is 34.7 Å². The summed E-state index contributed by atoms with van der Waals surface area (Å²) in [7, 11) is 0. The van der Waals surface area contributed by atoms with Crippen LogP contribution in [0.15, 0.2) is 42.5 Å². The molecule has 2 unspecified atom stereocenters. The van der Waals surface area contributed by atoms with Crippen molar-refractivity contribution in [1.82, 2.24) is 0 Å². The molecule has 108 valence electrons. The van der Waals surface area contributed by atoms with E-state index in [1.54, 1.807) is 0 Å². The van der Waals surface area contributed by atoms with Crippen molar-refractivity contribution < 1.29 is 9.84 Å². The van der Waals surface area contributed by atoms with Crippen LogP contribution in [-0.2, 0) is 4.74 Å². The van der Waals surface area contributed by atoms with Gasteiger partial charge < -0.3 is 9.84 Å². The van der Waals surface area contributed by atoms with E-state index in [4.69, 9.17) is 4.74 Å². The normalized spacial score (nSPS) is 14.3. The van der Waals surface area contributed by atoms with E-state index < -0.39 is 6.10 Å². The summed E-state index contributed by atoms with van der Waals surface area (Å²) in [5.74, 6) is 0.559. The van der Waals surface area contributed by atoms with E-state index >= 15 is 0 Å². The second-order valence-electron chi connectivity index (χ2n) is 5.55. The summed E-state index contributed by atoms with van der Waals surface area (Å²) in [4.78, 5) is 0. The highest BCUT2D eigenvalue weighted by Crippen LogP contribution is 2.21. The molecule has 1 N–H and O–H groups in total. The summed E-state index contributed by atoms with van der Waals surface area (Å²) >= 11 is 0. The standard InChI is InChI=1S/C18H24O2/c1-3-6-14(2)12-20-13-18(19)17-10-9-15-7-4-5-8-16(15)11-17/h4-5,7-11,14,18-19H,3,6,12-13H2,1-2H3. The van der Waals surface area contributed by atoms with Crippen molar-refractivity contribution in [2.45, 2.75) is 32.8 Å². The Kier molecular flexibility index (Phi) is 5.57. The average Bonchev–Trinajstić information content (AvgIpc) is 2.47. The van der Waals surface area contributed by atoms with E-state index in [9.17, 15) is 5.11 Å². The van der Waals surface area contributed by atoms with Crippen LogP contribution in [0.3, 0.4) is 0 Å². The van der Waals surface area contributed by atoms with Crippen LogP contribution < -0.4 is 0 Å². The summed E-state index contributed by atoms with van der Waals surface area (Å²) in [6.07, 6.45) is 1.80. The summed E-state index contributed by atoms with van der Waals surface area (Å²) < 4.78 is 5.63. The maximum atomic E-state index is 10.2. The van der Waals surface area contributed by atoms with Crippen molar-refractivity contribution in [3.05, 3.63) is 48.0 Å². The Balaban J connectivity index is 1.92. The molecule has 0 bridgehead atoms. The van der Waals surface area contributed by atoms with Crippen LogP contribution in [0, 0.1) is 5.92 Å². The van der Waals surface area contributed by atoms with Crippen LogP contribution in [0.5, 0.6) is 0 Å². The third-order valence-electron chi connectivity index (χ3n) is 3.62. The Labute approximate surface area is 121 Å². The Bertz CT molecular complexity index is 536. The van der Waals surface area contributed by atoms with Gasteiger partial charge in [-0.3, -0.25) is 0 Å². The second kappa shape index (κ2) is 7.41. The van der Waals surface area contributed by atoms with Gasteiger partial charge in [0.25, 0.3) is 0 Å². The molecule has 0 heterocycles. The zero-order valence-electron chi connectivity index (χ0n) is 12.4. The second-order valence-corrected chi connectivity index (χ2v) is 5.55. The third-order valence-corrected chi connectivity index (χ3v) is 3.62. The fraction of sp³-hybridized carbons (Fsp3) is 0.444. The SMILES string of the molecule is CCCC(C)COCC(O)c1ccc2ccccc2c1. The lowest BCUT2D eigenvalue weighted by Crippen LogP contribution is -2.12. The highest BCUT2D eigenvalue weighted by atomic mass is 16.5. The first-order valence-corrected chi connectivity index (χ1v) is 7.45. The van der Waals surface area contributed by atoms with Gasteiger partial charge in [0.15, 0.2) is 0 Å². The summed E-state index contributed by atoms with van der Waals surface area (Å²) in [6.45, 7) is 5.46. The van der Waals surface area contributed by atoms with Gasteiger partial charge in [0, 0.05) is 6.61 Å². The predicted octanol–water partition coefficient (Wildman–Crippen LogP) is 4.33. The molecular weight excluding hydrogens is 248 g/mol. The first-order valence-electron chi connectivity index (χ1n) is 7.45. The highest BCUT2D eigenvalue weighted by molar-refractivity contribution is 5.83. The topological polar surface area (TPSA) is 29.5 Å². The largest absolute Gasteiger partial charge is 0.386 e. The monoisotopic (exact) mass is 272 g/mol. The average molecular weight is 272 g/mol. The van der Waals surface area contributed by atoms with Crippen LogP contribution in [0.25, 0.3) is 10.8 Å². The van der Waals surface area contributed by atoms with Gasteiger partial charge >= 0.3 is 0 Å². The van der Waals surface area contributed by atoms with Gasteiger partial charge in [-0.1, -0.05) is 56.7 Å². The molecule has 20 heavy (non-hydrogen) atoms. The van der Waals surface area contributed by atoms with Crippen molar-refractivity contribution in [2.75, 3.05) is 13.2 Å². The molecule has 0 saturated heterocycles. The molecule has 2 nitrogen and oxygen atoms in total. The minimum absolute atomic E-state index is 0.367. The fourth-order valence-electron chi connectivity index (χ4n) is 2.47. The lowest BCUT2D eigenvalue weighted by molar-refractivity contribution is 0.0216. The third kappa shape index (κ3) is 4.06. The molecule has 2 aromatic carbocycles. The maximum absolute atomic E-state index is 10.2. The van der Waals surface area contributed by atoms with Gasteiger partial charge in [0.2, 0.25) is 0 Å². The number of aliphatic hydroxyl groups is 1. The van der Waals surface area contributed by atoms with Crippen LogP contribution >= 0.6 is 0 Å². The van der Waals surface area contributed by atoms with Crippen molar-refractivity contribution in [3.63, 3.8) is 0 Å². The van der Waals surface area contributed by atoms with E-state index in [1.165, 1.54) is 18.2 Å². The van der Waals surface area contributed by atoms with Gasteiger partial charge in [0.05, 0.1) is 6.61 Å². The Hall–Kier alpha value is -1.38. The molecule has 2 rings (SSSR count). The first kappa shape index (κ1) is 15.0. The van der Waals surface area contributed by atoms with Gasteiger partial charge in [-0.2, -0.15) is 0 Å². The molecule has 2 atom stereocenters. The Morgan fingerprint density at radius 1 is 1.05 bits per heavy atom. The van der Waals surface area contributed by atoms with E-state index in [0.29, 0.717) is 12.5 Å². The predicted molar refractivity (Wildman–Crippen MR) is 83.8 cm³/mol. The Morgan fingerprint density at radius 2 is 1.80 bits per heavy atom. The number of ether oxygens (including phenoxy) is 1. The smallest absolute Gasteiger partial charge is 0.102 e. The number of hydrogen-bond acceptors (Lipinski definition) is 2. The van der Waals surface area contributed by atoms with Crippen molar-refractivity contribution >= 4 is 10.8 Å². The fourth-order valence-corrected chi connectivity index (χ4v) is 2.47. The zero-order chi connectivity index (χ0) is 14.4. The molecule has 0 fully saturated rings. The molecule has 0 aliphatic rings. The van der Waals surface area contributed by atoms with E-state index in [-0.39, 0.29) is 0 Å². The molecule has 0 aliphatic heterocycles. The van der Waals surface area contributed by atoms with Crippen molar-refractivity contribution in [3.8, 4) is 0 Å². The summed E-state index contributed by atoms with van der Waals surface area (Å²) in [5.41, 5.74) is 0.923. The summed E-state index contributed by atoms with van der Waals surface area (Å²) in [6, 6.07) is 14.3. The number of rotatable bonds is 7. The molecule has 0 aromatic heterocycles. The molecule has 0 aliphatic carbocycles. The highest BCUT2D eigenvalue weighted by Gasteiger charge is 2.09. The van der Waals surface area contributed by atoms with Gasteiger partial charge in [-0.25, -0.2) is 0 Å². The maximum Gasteiger partial charge on any atom is 0.102 e. The zero-order valence-corrected chi connectivity index (χ0v) is 12.4. The number of fused-ring (bicyclic) bond motifs is 1. The lowest BCUT2D eigenvalue weighted by Gasteiger charge is -2.15. The quantitative estimate of drug-likeness (QED) is 0.813. The van der Waals surface area contributed by atoms with Crippen LogP contribution in [0.1, 0.15) is 38.4 Å². The van der Waals surface area contributed by atoms with E-state index in [0.717, 1.165) is 17.6 Å². The molecule has 0 amide bonds. The van der Waals surface area contributed by atoms with Crippen LogP contribution in [-0.4, -0.2) is 18.3 Å². The minimum Gasteiger partial charge on any atom is -0.386 e. The Morgan fingerprint density at radius 3 is 2.55 bits per heavy atom. The van der Waals surface area contributed by atoms with Gasteiger partial charge in [0.1, 0.15) is 6.10 Å². The summed E-state index contributed by atoms with van der Waals surface area (Å²) in [5, 5.41) is 12.5. The van der Waals surface area contributed by atoms with Crippen molar-refractivity contribution in [2.24, 2.45) is 5.92 Å². The number of hydrogen-bond donors (Lipinski definition) is 1. The van der Waals surface area contributed by atoms with E-state index in [1.807, 2.05) is 30.3 Å². The molecule has 2 heteroatoms. The van der Waals surface area contributed by atoms with Gasteiger partial charge in [-0.15, -0.1) is 0 Å². The van der Waals surface area contributed by atoms with Crippen LogP contribution in [0.2, 0.25) is 0 Å². The molecule has 0 spiro atoms.